The molecule has 80 valence electrons. The molecule has 1 atom stereocenters. The maximum absolute atomic E-state index is 11.8. The van der Waals surface area contributed by atoms with E-state index in [1.54, 1.807) is 12.4 Å². The van der Waals surface area contributed by atoms with Crippen LogP contribution < -0.4 is 10.6 Å². The number of rotatable bonds is 2. The lowest BCUT2D eigenvalue weighted by atomic mass is 10.2. The number of carbonyl (C=O) groups is 1. The van der Waals surface area contributed by atoms with E-state index in [0.29, 0.717) is 0 Å². The van der Waals surface area contributed by atoms with Gasteiger partial charge in [-0.25, -0.2) is 0 Å². The summed E-state index contributed by atoms with van der Waals surface area (Å²) in [6, 6.07) is 1.85. The molecule has 1 aromatic heterocycles. The zero-order valence-electron chi connectivity index (χ0n) is 8.79. The molecule has 2 rings (SSSR count). The summed E-state index contributed by atoms with van der Waals surface area (Å²) >= 11 is 0. The second-order valence-corrected chi connectivity index (χ2v) is 3.83. The monoisotopic (exact) mass is 205 g/mol. The first-order valence-electron chi connectivity index (χ1n) is 5.22. The summed E-state index contributed by atoms with van der Waals surface area (Å²) in [5, 5.41) is 6.05. The second-order valence-electron chi connectivity index (χ2n) is 3.83. The average Bonchev–Trinajstić information content (AvgIpc) is 2.74. The first-order chi connectivity index (χ1) is 7.27. The Balaban J connectivity index is 2.02. The Labute approximate surface area is 89.1 Å². The number of carbonyl (C=O) groups excluding carboxylic acids is 1. The molecule has 0 spiro atoms. The Hall–Kier alpha value is -1.42. The van der Waals surface area contributed by atoms with Crippen molar-refractivity contribution in [1.29, 1.82) is 0 Å². The summed E-state index contributed by atoms with van der Waals surface area (Å²) in [5.74, 6) is 0.0450. The number of aryl methyl sites for hydroxylation is 1. The van der Waals surface area contributed by atoms with Crippen LogP contribution in [0.15, 0.2) is 18.5 Å². The Bertz CT molecular complexity index is 359. The maximum Gasteiger partial charge on any atom is 0.241 e. The molecule has 1 fully saturated rings. The zero-order chi connectivity index (χ0) is 10.7. The summed E-state index contributed by atoms with van der Waals surface area (Å²) in [5.41, 5.74) is 1.84. The molecule has 0 radical (unpaired) electrons. The van der Waals surface area contributed by atoms with Crippen molar-refractivity contribution in [3.63, 3.8) is 0 Å². The van der Waals surface area contributed by atoms with Gasteiger partial charge in [0.15, 0.2) is 0 Å². The van der Waals surface area contributed by atoms with Gasteiger partial charge in [-0.05, 0) is 37.9 Å². The van der Waals surface area contributed by atoms with Gasteiger partial charge >= 0.3 is 0 Å². The molecular weight excluding hydrogens is 190 g/mol. The molecule has 1 aliphatic rings. The lowest BCUT2D eigenvalue weighted by Crippen LogP contribution is -2.35. The van der Waals surface area contributed by atoms with E-state index >= 15 is 0 Å². The van der Waals surface area contributed by atoms with Gasteiger partial charge in [0.1, 0.15) is 0 Å². The van der Waals surface area contributed by atoms with Crippen LogP contribution in [0, 0.1) is 6.92 Å². The van der Waals surface area contributed by atoms with E-state index in [1.165, 1.54) is 0 Å². The van der Waals surface area contributed by atoms with E-state index in [-0.39, 0.29) is 11.9 Å². The third-order valence-electron chi connectivity index (χ3n) is 2.67. The van der Waals surface area contributed by atoms with Crippen LogP contribution in [0.25, 0.3) is 0 Å². The molecule has 15 heavy (non-hydrogen) atoms. The fourth-order valence-corrected chi connectivity index (χ4v) is 1.72. The number of nitrogens with zero attached hydrogens (tertiary/aromatic N) is 1. The van der Waals surface area contributed by atoms with Crippen molar-refractivity contribution in [2.75, 3.05) is 11.9 Å². The Morgan fingerprint density at radius 1 is 1.67 bits per heavy atom. The number of pyridine rings is 1. The number of hydrogen-bond acceptors (Lipinski definition) is 3. The SMILES string of the molecule is Cc1ccncc1NC(=O)C1CCCN1. The largest absolute Gasteiger partial charge is 0.323 e. The third-order valence-corrected chi connectivity index (χ3v) is 2.67. The third kappa shape index (κ3) is 2.33. The molecule has 1 amide bonds. The van der Waals surface area contributed by atoms with Crippen molar-refractivity contribution >= 4 is 11.6 Å². The van der Waals surface area contributed by atoms with Crippen LogP contribution in [0.5, 0.6) is 0 Å². The molecule has 1 aliphatic heterocycles. The van der Waals surface area contributed by atoms with Crippen molar-refractivity contribution in [2.24, 2.45) is 0 Å². The highest BCUT2D eigenvalue weighted by atomic mass is 16.2. The smallest absolute Gasteiger partial charge is 0.241 e. The molecule has 2 heterocycles. The summed E-state index contributed by atoms with van der Waals surface area (Å²) < 4.78 is 0. The molecule has 1 aromatic rings. The lowest BCUT2D eigenvalue weighted by molar-refractivity contribution is -0.117. The molecule has 0 saturated carbocycles. The number of hydrogen-bond donors (Lipinski definition) is 2. The molecule has 1 saturated heterocycles. The van der Waals surface area contributed by atoms with Crippen LogP contribution in [0.2, 0.25) is 0 Å². The van der Waals surface area contributed by atoms with Gasteiger partial charge in [-0.1, -0.05) is 0 Å². The van der Waals surface area contributed by atoms with Crippen LogP contribution in [-0.2, 0) is 4.79 Å². The van der Waals surface area contributed by atoms with E-state index in [2.05, 4.69) is 15.6 Å². The van der Waals surface area contributed by atoms with Gasteiger partial charge in [0.05, 0.1) is 17.9 Å². The molecule has 1 unspecified atom stereocenters. The highest BCUT2D eigenvalue weighted by Crippen LogP contribution is 2.13. The normalized spacial score (nSPS) is 20.2. The number of aromatic nitrogens is 1. The first-order valence-corrected chi connectivity index (χ1v) is 5.22. The number of anilines is 1. The van der Waals surface area contributed by atoms with E-state index in [4.69, 9.17) is 0 Å². The minimum atomic E-state index is -0.0374. The van der Waals surface area contributed by atoms with Gasteiger partial charge in [-0.3, -0.25) is 9.78 Å². The van der Waals surface area contributed by atoms with Crippen molar-refractivity contribution in [3.05, 3.63) is 24.0 Å². The summed E-state index contributed by atoms with van der Waals surface area (Å²) in [4.78, 5) is 15.8. The summed E-state index contributed by atoms with van der Waals surface area (Å²) in [6.45, 7) is 2.89. The highest BCUT2D eigenvalue weighted by Gasteiger charge is 2.22. The Morgan fingerprint density at radius 3 is 3.20 bits per heavy atom. The predicted octanol–water partition coefficient (Wildman–Crippen LogP) is 1.08. The highest BCUT2D eigenvalue weighted by molar-refractivity contribution is 5.95. The van der Waals surface area contributed by atoms with E-state index < -0.39 is 0 Å². The van der Waals surface area contributed by atoms with Gasteiger partial charge in [0.25, 0.3) is 0 Å². The number of nitrogens with one attached hydrogen (secondary N) is 2. The van der Waals surface area contributed by atoms with Gasteiger partial charge in [-0.2, -0.15) is 0 Å². The maximum atomic E-state index is 11.8. The summed E-state index contributed by atoms with van der Waals surface area (Å²) in [6.07, 6.45) is 5.40. The second kappa shape index (κ2) is 4.40. The molecule has 0 aliphatic carbocycles. The predicted molar refractivity (Wildman–Crippen MR) is 58.6 cm³/mol. The van der Waals surface area contributed by atoms with Crippen LogP contribution >= 0.6 is 0 Å². The molecule has 4 heteroatoms. The van der Waals surface area contributed by atoms with Crippen LogP contribution in [0.1, 0.15) is 18.4 Å². The standard InChI is InChI=1S/C11H15N3O/c1-8-4-6-12-7-10(8)14-11(15)9-3-2-5-13-9/h4,6-7,9,13H,2-3,5H2,1H3,(H,14,15). The van der Waals surface area contributed by atoms with Crippen molar-refractivity contribution < 1.29 is 4.79 Å². The Kier molecular flexibility index (Phi) is 2.97. The molecule has 0 bridgehead atoms. The van der Waals surface area contributed by atoms with Crippen LogP contribution in [-0.4, -0.2) is 23.5 Å². The van der Waals surface area contributed by atoms with Gasteiger partial charge in [0, 0.05) is 6.20 Å². The van der Waals surface area contributed by atoms with Gasteiger partial charge in [0.2, 0.25) is 5.91 Å². The lowest BCUT2D eigenvalue weighted by Gasteiger charge is -2.12. The molecule has 4 nitrogen and oxygen atoms in total. The summed E-state index contributed by atoms with van der Waals surface area (Å²) in [7, 11) is 0. The molecular formula is C11H15N3O. The fraction of sp³-hybridized carbons (Fsp3) is 0.455. The van der Waals surface area contributed by atoms with Gasteiger partial charge in [-0.15, -0.1) is 0 Å². The minimum absolute atomic E-state index is 0.0374. The van der Waals surface area contributed by atoms with Crippen molar-refractivity contribution in [3.8, 4) is 0 Å². The average molecular weight is 205 g/mol. The van der Waals surface area contributed by atoms with Crippen LogP contribution in [0.3, 0.4) is 0 Å². The fourth-order valence-electron chi connectivity index (χ4n) is 1.72. The quantitative estimate of drug-likeness (QED) is 0.759. The van der Waals surface area contributed by atoms with Crippen molar-refractivity contribution in [2.45, 2.75) is 25.8 Å². The Morgan fingerprint density at radius 2 is 2.53 bits per heavy atom. The first kappa shape index (κ1) is 10.1. The van der Waals surface area contributed by atoms with E-state index in [9.17, 15) is 4.79 Å². The van der Waals surface area contributed by atoms with Crippen LogP contribution in [0.4, 0.5) is 5.69 Å². The zero-order valence-corrected chi connectivity index (χ0v) is 8.79. The minimum Gasteiger partial charge on any atom is -0.323 e. The topological polar surface area (TPSA) is 54.0 Å². The van der Waals surface area contributed by atoms with Gasteiger partial charge < -0.3 is 10.6 Å². The molecule has 2 N–H and O–H groups in total. The van der Waals surface area contributed by atoms with E-state index in [1.807, 2.05) is 13.0 Å². The molecule has 0 aromatic carbocycles. The van der Waals surface area contributed by atoms with Crippen molar-refractivity contribution in [1.82, 2.24) is 10.3 Å². The number of amides is 1. The van der Waals surface area contributed by atoms with E-state index in [0.717, 1.165) is 30.6 Å².